The van der Waals surface area contributed by atoms with Crippen molar-refractivity contribution in [3.05, 3.63) is 17.0 Å². The van der Waals surface area contributed by atoms with Crippen LogP contribution >= 0.6 is 0 Å². The summed E-state index contributed by atoms with van der Waals surface area (Å²) in [5.41, 5.74) is 3.32. The monoisotopic (exact) mass is 313 g/mol. The first-order chi connectivity index (χ1) is 9.80. The zero-order valence-electron chi connectivity index (χ0n) is 13.5. The molecule has 2 heterocycles. The highest BCUT2D eigenvalue weighted by Gasteiger charge is 2.31. The maximum Gasteiger partial charge on any atom is 0.152 e. The van der Waals surface area contributed by atoms with E-state index >= 15 is 0 Å². The Kier molecular flexibility index (Phi) is 5.09. The van der Waals surface area contributed by atoms with Gasteiger partial charge in [-0.2, -0.15) is 5.10 Å². The third kappa shape index (κ3) is 4.07. The standard InChI is InChI=1S/C15H27N3O2S/c1-11(2)5-7-16-9-15-12(3)17-18(13(15)4)14-6-8-21(19,20)10-14/h11,14,16H,5-10H2,1-4H3. The minimum absolute atomic E-state index is 0.0121. The van der Waals surface area contributed by atoms with Gasteiger partial charge in [0, 0.05) is 17.8 Å². The van der Waals surface area contributed by atoms with Crippen molar-refractivity contribution in [2.75, 3.05) is 18.1 Å². The van der Waals surface area contributed by atoms with E-state index in [2.05, 4.69) is 24.3 Å². The smallest absolute Gasteiger partial charge is 0.152 e. The second-order valence-electron chi connectivity index (χ2n) is 6.51. The quantitative estimate of drug-likeness (QED) is 0.816. The SMILES string of the molecule is Cc1nn(C2CCS(=O)(=O)C2)c(C)c1CNCCC(C)C. The fourth-order valence-electron chi connectivity index (χ4n) is 2.88. The molecule has 1 N–H and O–H groups in total. The fraction of sp³-hybridized carbons (Fsp3) is 0.800. The molecule has 1 aromatic heterocycles. The first-order valence-electron chi connectivity index (χ1n) is 7.76. The van der Waals surface area contributed by atoms with Gasteiger partial charge in [-0.25, -0.2) is 8.42 Å². The van der Waals surface area contributed by atoms with Crippen LogP contribution in [0.3, 0.4) is 0 Å². The number of rotatable bonds is 6. The maximum absolute atomic E-state index is 11.6. The zero-order valence-corrected chi connectivity index (χ0v) is 14.3. The van der Waals surface area contributed by atoms with E-state index in [4.69, 9.17) is 0 Å². The van der Waals surface area contributed by atoms with Crippen LogP contribution in [0.15, 0.2) is 0 Å². The minimum atomic E-state index is -2.87. The van der Waals surface area contributed by atoms with Gasteiger partial charge >= 0.3 is 0 Å². The van der Waals surface area contributed by atoms with E-state index in [1.165, 1.54) is 5.56 Å². The number of nitrogens with zero attached hydrogens (tertiary/aromatic N) is 2. The summed E-state index contributed by atoms with van der Waals surface area (Å²) in [6.45, 7) is 10.3. The summed E-state index contributed by atoms with van der Waals surface area (Å²) in [6.07, 6.45) is 1.84. The number of aryl methyl sites for hydroxylation is 1. The molecule has 120 valence electrons. The molecule has 0 amide bonds. The Labute approximate surface area is 128 Å². The lowest BCUT2D eigenvalue weighted by Gasteiger charge is -2.12. The van der Waals surface area contributed by atoms with E-state index in [9.17, 15) is 8.42 Å². The third-order valence-electron chi connectivity index (χ3n) is 4.23. The molecule has 1 aromatic rings. The number of nitrogens with one attached hydrogen (secondary N) is 1. The van der Waals surface area contributed by atoms with Gasteiger partial charge in [-0.1, -0.05) is 13.8 Å². The lowest BCUT2D eigenvalue weighted by atomic mass is 10.1. The largest absolute Gasteiger partial charge is 0.313 e. The Morgan fingerprint density at radius 2 is 2.10 bits per heavy atom. The van der Waals surface area contributed by atoms with Gasteiger partial charge in [0.2, 0.25) is 0 Å². The van der Waals surface area contributed by atoms with Crippen molar-refractivity contribution < 1.29 is 8.42 Å². The summed E-state index contributed by atoms with van der Waals surface area (Å²) >= 11 is 0. The third-order valence-corrected chi connectivity index (χ3v) is 5.98. The van der Waals surface area contributed by atoms with Gasteiger partial charge in [-0.3, -0.25) is 4.68 Å². The lowest BCUT2D eigenvalue weighted by Crippen LogP contribution is -2.18. The molecule has 0 spiro atoms. The van der Waals surface area contributed by atoms with Crippen LogP contribution in [-0.4, -0.2) is 36.2 Å². The molecule has 1 atom stereocenters. The lowest BCUT2D eigenvalue weighted by molar-refractivity contribution is 0.484. The number of aromatic nitrogens is 2. The first kappa shape index (κ1) is 16.5. The molecule has 0 saturated carbocycles. The van der Waals surface area contributed by atoms with Crippen molar-refractivity contribution in [3.63, 3.8) is 0 Å². The van der Waals surface area contributed by atoms with Gasteiger partial charge in [0.25, 0.3) is 0 Å². The van der Waals surface area contributed by atoms with Crippen LogP contribution in [0.25, 0.3) is 0 Å². The van der Waals surface area contributed by atoms with E-state index in [0.29, 0.717) is 12.3 Å². The summed E-state index contributed by atoms with van der Waals surface area (Å²) in [7, 11) is -2.87. The molecule has 2 rings (SSSR count). The Bertz CT molecular complexity index is 590. The number of hydrogen-bond acceptors (Lipinski definition) is 4. The van der Waals surface area contributed by atoms with Gasteiger partial charge in [0.1, 0.15) is 0 Å². The van der Waals surface area contributed by atoms with E-state index in [-0.39, 0.29) is 17.5 Å². The van der Waals surface area contributed by atoms with E-state index in [1.807, 2.05) is 18.5 Å². The van der Waals surface area contributed by atoms with Gasteiger partial charge in [0.05, 0.1) is 23.2 Å². The van der Waals surface area contributed by atoms with Gasteiger partial charge in [0.15, 0.2) is 9.84 Å². The maximum atomic E-state index is 11.6. The predicted molar refractivity (Wildman–Crippen MR) is 85.2 cm³/mol. The van der Waals surface area contributed by atoms with E-state index in [0.717, 1.165) is 30.9 Å². The summed E-state index contributed by atoms with van der Waals surface area (Å²) < 4.78 is 25.2. The second kappa shape index (κ2) is 6.48. The van der Waals surface area contributed by atoms with Crippen LogP contribution in [0.5, 0.6) is 0 Å². The van der Waals surface area contributed by atoms with Crippen LogP contribution in [0, 0.1) is 19.8 Å². The average Bonchev–Trinajstić information content (AvgIpc) is 2.87. The van der Waals surface area contributed by atoms with Crippen LogP contribution in [0.1, 0.15) is 49.7 Å². The molecular formula is C15H27N3O2S. The molecule has 1 unspecified atom stereocenters. The van der Waals surface area contributed by atoms with Crippen molar-refractivity contribution in [2.45, 2.75) is 53.1 Å². The summed E-state index contributed by atoms with van der Waals surface area (Å²) in [4.78, 5) is 0. The Hall–Kier alpha value is -0.880. The number of hydrogen-bond donors (Lipinski definition) is 1. The zero-order chi connectivity index (χ0) is 15.6. The van der Waals surface area contributed by atoms with Crippen LogP contribution in [0.4, 0.5) is 0 Å². The van der Waals surface area contributed by atoms with Crippen LogP contribution in [-0.2, 0) is 16.4 Å². The van der Waals surface area contributed by atoms with Crippen molar-refractivity contribution >= 4 is 9.84 Å². The Balaban J connectivity index is 2.04. The molecule has 6 heteroatoms. The molecule has 0 aliphatic carbocycles. The van der Waals surface area contributed by atoms with Gasteiger partial charge < -0.3 is 5.32 Å². The Morgan fingerprint density at radius 1 is 1.38 bits per heavy atom. The first-order valence-corrected chi connectivity index (χ1v) is 9.58. The summed E-state index contributed by atoms with van der Waals surface area (Å²) in [5, 5.41) is 8.05. The summed E-state index contributed by atoms with van der Waals surface area (Å²) in [5.74, 6) is 1.22. The average molecular weight is 313 g/mol. The fourth-order valence-corrected chi connectivity index (χ4v) is 4.57. The highest BCUT2D eigenvalue weighted by Crippen LogP contribution is 2.26. The molecule has 1 saturated heterocycles. The van der Waals surface area contributed by atoms with Crippen molar-refractivity contribution in [2.24, 2.45) is 5.92 Å². The van der Waals surface area contributed by atoms with E-state index < -0.39 is 9.84 Å². The number of sulfone groups is 1. The van der Waals surface area contributed by atoms with Crippen LogP contribution < -0.4 is 5.32 Å². The molecule has 5 nitrogen and oxygen atoms in total. The van der Waals surface area contributed by atoms with Gasteiger partial charge in [-0.05, 0) is 39.2 Å². The molecule has 0 radical (unpaired) electrons. The van der Waals surface area contributed by atoms with Crippen molar-refractivity contribution in [1.82, 2.24) is 15.1 Å². The van der Waals surface area contributed by atoms with Crippen molar-refractivity contribution in [3.8, 4) is 0 Å². The minimum Gasteiger partial charge on any atom is -0.313 e. The van der Waals surface area contributed by atoms with Gasteiger partial charge in [-0.15, -0.1) is 0 Å². The molecular weight excluding hydrogens is 286 g/mol. The molecule has 0 bridgehead atoms. The Morgan fingerprint density at radius 3 is 2.67 bits per heavy atom. The highest BCUT2D eigenvalue weighted by molar-refractivity contribution is 7.91. The van der Waals surface area contributed by atoms with E-state index in [1.54, 1.807) is 0 Å². The topological polar surface area (TPSA) is 64.0 Å². The molecule has 1 fully saturated rings. The normalized spacial score (nSPS) is 21.3. The highest BCUT2D eigenvalue weighted by atomic mass is 32.2. The predicted octanol–water partition coefficient (Wildman–Crippen LogP) is 2.00. The molecule has 21 heavy (non-hydrogen) atoms. The second-order valence-corrected chi connectivity index (χ2v) is 8.74. The molecule has 1 aliphatic heterocycles. The molecule has 0 aromatic carbocycles. The van der Waals surface area contributed by atoms with Crippen molar-refractivity contribution in [1.29, 1.82) is 0 Å². The van der Waals surface area contributed by atoms with Crippen LogP contribution in [0.2, 0.25) is 0 Å². The summed E-state index contributed by atoms with van der Waals surface area (Å²) in [6, 6.07) is 0.0121. The molecule has 1 aliphatic rings.